The number of carbonyl (C=O) groups excluding carboxylic acids is 1. The molecule has 1 aromatic heterocycles. The van der Waals surface area contributed by atoms with E-state index in [1.54, 1.807) is 4.68 Å². The van der Waals surface area contributed by atoms with E-state index in [0.29, 0.717) is 12.1 Å². The molecule has 11 heteroatoms. The van der Waals surface area contributed by atoms with Gasteiger partial charge in [-0.05, 0) is 67.5 Å². The summed E-state index contributed by atoms with van der Waals surface area (Å²) in [5, 5.41) is 18.6. The number of hydrogen-bond donors (Lipinski definition) is 2. The zero-order chi connectivity index (χ0) is 27.3. The maximum Gasteiger partial charge on any atom is 0.490 e. The van der Waals surface area contributed by atoms with Crippen molar-refractivity contribution in [1.82, 2.24) is 19.9 Å². The molecule has 0 unspecified atom stereocenters. The predicted molar refractivity (Wildman–Crippen MR) is 135 cm³/mol. The minimum absolute atomic E-state index is 0.205. The van der Waals surface area contributed by atoms with Crippen molar-refractivity contribution in [1.29, 1.82) is 0 Å². The molecular formula is C27H30F3N5O3. The molecular weight excluding hydrogens is 499 g/mol. The number of aliphatic carboxylic acids is 1. The van der Waals surface area contributed by atoms with E-state index < -0.39 is 12.1 Å². The zero-order valence-corrected chi connectivity index (χ0v) is 21.0. The number of nitrogens with zero attached hydrogens (tertiary/aromatic N) is 4. The summed E-state index contributed by atoms with van der Waals surface area (Å²) in [6.07, 6.45) is 1.79. The summed E-state index contributed by atoms with van der Waals surface area (Å²) in [4.78, 5) is 24.6. The van der Waals surface area contributed by atoms with Gasteiger partial charge in [-0.2, -0.15) is 13.2 Å². The predicted octanol–water partition coefficient (Wildman–Crippen LogP) is 4.67. The van der Waals surface area contributed by atoms with E-state index in [4.69, 9.17) is 9.90 Å². The van der Waals surface area contributed by atoms with E-state index >= 15 is 0 Å². The van der Waals surface area contributed by atoms with Crippen LogP contribution in [0.25, 0.3) is 5.69 Å². The Morgan fingerprint density at radius 2 is 1.71 bits per heavy atom. The average molecular weight is 530 g/mol. The second-order valence-electron chi connectivity index (χ2n) is 9.35. The Bertz CT molecular complexity index is 1270. The smallest absolute Gasteiger partial charge is 0.475 e. The number of alkyl halides is 3. The largest absolute Gasteiger partial charge is 0.490 e. The molecule has 1 fully saturated rings. The van der Waals surface area contributed by atoms with Gasteiger partial charge in [0.15, 0.2) is 5.69 Å². The van der Waals surface area contributed by atoms with Crippen molar-refractivity contribution < 1.29 is 27.9 Å². The first-order chi connectivity index (χ1) is 18.2. The fraction of sp³-hybridized carbons (Fsp3) is 0.407. The van der Waals surface area contributed by atoms with Crippen molar-refractivity contribution in [3.05, 3.63) is 71.0 Å². The van der Waals surface area contributed by atoms with Crippen molar-refractivity contribution in [2.45, 2.75) is 57.7 Å². The second kappa shape index (κ2) is 11.8. The third-order valence-electron chi connectivity index (χ3n) is 6.95. The van der Waals surface area contributed by atoms with Gasteiger partial charge in [-0.15, -0.1) is 5.10 Å². The maximum absolute atomic E-state index is 13.0. The minimum atomic E-state index is -5.08. The molecule has 38 heavy (non-hydrogen) atoms. The SMILES string of the molecule is CCc1c(C(=O)Nc2ccc3c(c2)CCN(C2CCC2)CC3)nnn1-c1ccccc1.O=C(O)C(F)(F)F. The lowest BCUT2D eigenvalue weighted by molar-refractivity contribution is -0.192. The Hall–Kier alpha value is -3.73. The van der Waals surface area contributed by atoms with Crippen LogP contribution in [-0.2, 0) is 24.1 Å². The summed E-state index contributed by atoms with van der Waals surface area (Å²) in [6.45, 7) is 4.28. The van der Waals surface area contributed by atoms with Crippen LogP contribution in [0.5, 0.6) is 0 Å². The third kappa shape index (κ3) is 6.39. The van der Waals surface area contributed by atoms with Gasteiger partial charge in [0.2, 0.25) is 0 Å². The molecule has 2 aromatic carbocycles. The third-order valence-corrected chi connectivity index (χ3v) is 6.95. The number of carboxylic acids is 1. The number of nitrogens with one attached hydrogen (secondary N) is 1. The number of anilines is 1. The molecule has 3 aromatic rings. The van der Waals surface area contributed by atoms with Crippen LogP contribution in [0.15, 0.2) is 48.5 Å². The van der Waals surface area contributed by atoms with Crippen LogP contribution in [0.2, 0.25) is 0 Å². The molecule has 2 heterocycles. The Morgan fingerprint density at radius 1 is 1.05 bits per heavy atom. The highest BCUT2D eigenvalue weighted by molar-refractivity contribution is 6.03. The first-order valence-electron chi connectivity index (χ1n) is 12.6. The van der Waals surface area contributed by atoms with E-state index in [1.807, 2.05) is 43.3 Å². The van der Waals surface area contributed by atoms with Crippen molar-refractivity contribution in [2.24, 2.45) is 0 Å². The van der Waals surface area contributed by atoms with Gasteiger partial charge in [0.05, 0.1) is 11.4 Å². The lowest BCUT2D eigenvalue weighted by Gasteiger charge is -2.36. The van der Waals surface area contributed by atoms with E-state index in [-0.39, 0.29) is 5.91 Å². The number of amides is 1. The standard InChI is InChI=1S/C25H29N5O.C2HF3O2/c1-2-23-24(27-28-30(23)22-7-4-3-5-8-22)25(31)26-20-12-11-18-13-15-29(21-9-6-10-21)16-14-19(18)17-20;3-2(4,5)1(6)7/h3-5,7-8,11-12,17,21H,2,6,9-10,13-16H2,1H3,(H,26,31);(H,6,7). The lowest BCUT2D eigenvalue weighted by atomic mass is 9.91. The molecule has 0 atom stereocenters. The molecule has 0 radical (unpaired) electrons. The number of halogens is 3. The normalized spacial score (nSPS) is 15.9. The van der Waals surface area contributed by atoms with Gasteiger partial charge in [0.1, 0.15) is 0 Å². The summed E-state index contributed by atoms with van der Waals surface area (Å²) < 4.78 is 33.5. The van der Waals surface area contributed by atoms with E-state index in [0.717, 1.165) is 49.0 Å². The number of aromatic nitrogens is 3. The highest BCUT2D eigenvalue weighted by atomic mass is 19.4. The van der Waals surface area contributed by atoms with Crippen LogP contribution in [0.1, 0.15) is 53.5 Å². The fourth-order valence-corrected chi connectivity index (χ4v) is 4.70. The molecule has 1 saturated carbocycles. The molecule has 1 aliphatic heterocycles. The summed E-state index contributed by atoms with van der Waals surface area (Å²) in [5.74, 6) is -2.96. The van der Waals surface area contributed by atoms with Crippen molar-refractivity contribution in [3.63, 3.8) is 0 Å². The molecule has 0 bridgehead atoms. The van der Waals surface area contributed by atoms with Crippen molar-refractivity contribution >= 4 is 17.6 Å². The number of rotatable bonds is 5. The number of carboxylic acid groups (broad SMARTS) is 1. The molecule has 8 nitrogen and oxygen atoms in total. The quantitative estimate of drug-likeness (QED) is 0.498. The monoisotopic (exact) mass is 529 g/mol. The zero-order valence-electron chi connectivity index (χ0n) is 21.0. The van der Waals surface area contributed by atoms with Gasteiger partial charge >= 0.3 is 12.1 Å². The number of para-hydroxylation sites is 1. The van der Waals surface area contributed by atoms with Crippen LogP contribution in [0, 0.1) is 0 Å². The fourth-order valence-electron chi connectivity index (χ4n) is 4.70. The summed E-state index contributed by atoms with van der Waals surface area (Å²) in [7, 11) is 0. The van der Waals surface area contributed by atoms with Crippen LogP contribution >= 0.6 is 0 Å². The minimum Gasteiger partial charge on any atom is -0.475 e. The number of hydrogen-bond acceptors (Lipinski definition) is 5. The molecule has 202 valence electrons. The molecule has 0 spiro atoms. The van der Waals surface area contributed by atoms with Gasteiger partial charge in [0.25, 0.3) is 5.91 Å². The lowest BCUT2D eigenvalue weighted by Crippen LogP contribution is -2.41. The number of fused-ring (bicyclic) bond motifs is 1. The van der Waals surface area contributed by atoms with Gasteiger partial charge in [0, 0.05) is 24.8 Å². The Morgan fingerprint density at radius 3 is 2.29 bits per heavy atom. The maximum atomic E-state index is 13.0. The number of carbonyl (C=O) groups is 2. The molecule has 5 rings (SSSR count). The molecule has 2 N–H and O–H groups in total. The van der Waals surface area contributed by atoms with Crippen LogP contribution < -0.4 is 5.32 Å². The van der Waals surface area contributed by atoms with Crippen molar-refractivity contribution in [3.8, 4) is 5.69 Å². The van der Waals surface area contributed by atoms with Crippen LogP contribution in [-0.4, -0.2) is 62.2 Å². The molecule has 0 saturated heterocycles. The first-order valence-corrected chi connectivity index (χ1v) is 12.6. The Labute approximate surface area is 218 Å². The Balaban J connectivity index is 0.000000426. The summed E-state index contributed by atoms with van der Waals surface area (Å²) >= 11 is 0. The van der Waals surface area contributed by atoms with Gasteiger partial charge in [-0.25, -0.2) is 9.48 Å². The number of benzene rings is 2. The van der Waals surface area contributed by atoms with Gasteiger partial charge in [-0.1, -0.05) is 42.8 Å². The van der Waals surface area contributed by atoms with E-state index in [9.17, 15) is 18.0 Å². The van der Waals surface area contributed by atoms with E-state index in [2.05, 4.69) is 32.7 Å². The average Bonchev–Trinajstić information content (AvgIpc) is 3.19. The van der Waals surface area contributed by atoms with Crippen LogP contribution in [0.3, 0.4) is 0 Å². The highest BCUT2D eigenvalue weighted by Crippen LogP contribution is 2.28. The first kappa shape index (κ1) is 27.3. The van der Waals surface area contributed by atoms with Gasteiger partial charge in [-0.3, -0.25) is 9.69 Å². The van der Waals surface area contributed by atoms with Gasteiger partial charge < -0.3 is 10.4 Å². The Kier molecular flexibility index (Phi) is 8.45. The molecule has 1 aliphatic carbocycles. The molecule has 1 amide bonds. The van der Waals surface area contributed by atoms with Crippen LogP contribution in [0.4, 0.5) is 18.9 Å². The summed E-state index contributed by atoms with van der Waals surface area (Å²) in [6, 6.07) is 16.9. The molecule has 2 aliphatic rings. The second-order valence-corrected chi connectivity index (χ2v) is 9.35. The summed E-state index contributed by atoms with van der Waals surface area (Å²) in [5.41, 5.74) is 5.70. The van der Waals surface area contributed by atoms with Crippen molar-refractivity contribution in [2.75, 3.05) is 18.4 Å². The van der Waals surface area contributed by atoms with E-state index in [1.165, 1.54) is 30.4 Å². The highest BCUT2D eigenvalue weighted by Gasteiger charge is 2.38. The topological polar surface area (TPSA) is 100 Å².